The number of ether oxygens (including phenoxy) is 1. The van der Waals surface area contributed by atoms with Crippen molar-refractivity contribution in [1.82, 2.24) is 4.98 Å². The molecule has 0 bridgehead atoms. The van der Waals surface area contributed by atoms with Gasteiger partial charge in [0.1, 0.15) is 11.4 Å². The highest BCUT2D eigenvalue weighted by Gasteiger charge is 2.22. The number of benzene rings is 3. The van der Waals surface area contributed by atoms with Crippen LogP contribution >= 0.6 is 0 Å². The zero-order valence-corrected chi connectivity index (χ0v) is 16.9. The Hall–Kier alpha value is -4.25. The number of carbonyl (C=O) groups excluding carboxylic acids is 1. The average Bonchev–Trinajstić information content (AvgIpc) is 3.05. The van der Waals surface area contributed by atoms with E-state index in [4.69, 9.17) is 4.74 Å². The lowest BCUT2D eigenvalue weighted by atomic mass is 10.0. The summed E-state index contributed by atoms with van der Waals surface area (Å²) in [5, 5.41) is 0.865. The minimum atomic E-state index is -0.250. The van der Waals surface area contributed by atoms with Gasteiger partial charge in [0, 0.05) is 35.6 Å². The molecule has 0 spiro atoms. The monoisotopic (exact) mass is 405 g/mol. The summed E-state index contributed by atoms with van der Waals surface area (Å²) in [5.74, 6) is 0.364. The van der Waals surface area contributed by atoms with Gasteiger partial charge in [0.05, 0.1) is 18.3 Å². The van der Waals surface area contributed by atoms with Gasteiger partial charge >= 0.3 is 0 Å². The summed E-state index contributed by atoms with van der Waals surface area (Å²) in [6, 6.07) is 25.4. The molecule has 31 heavy (non-hydrogen) atoms. The Labute approximate surface area is 180 Å². The molecule has 0 radical (unpaired) electrons. The largest absolute Gasteiger partial charge is 0.496 e. The first-order valence-electron chi connectivity index (χ1n) is 9.91. The van der Waals surface area contributed by atoms with Crippen molar-refractivity contribution >= 4 is 28.7 Å². The zero-order valence-electron chi connectivity index (χ0n) is 16.9. The van der Waals surface area contributed by atoms with E-state index in [1.807, 2.05) is 60.7 Å². The highest BCUT2D eigenvalue weighted by atomic mass is 16.5. The van der Waals surface area contributed by atoms with Gasteiger partial charge in [0.2, 0.25) is 0 Å². The van der Waals surface area contributed by atoms with Gasteiger partial charge in [0.25, 0.3) is 5.91 Å². The summed E-state index contributed by atoms with van der Waals surface area (Å²) < 4.78 is 5.51. The third-order valence-electron chi connectivity index (χ3n) is 5.25. The molecule has 0 aliphatic carbocycles. The molecule has 0 saturated carbocycles. The van der Waals surface area contributed by atoms with Crippen molar-refractivity contribution in [3.8, 4) is 16.9 Å². The van der Waals surface area contributed by atoms with Crippen LogP contribution < -0.4 is 9.64 Å². The fraction of sp³-hybridized carbons (Fsp3) is 0.0385. The summed E-state index contributed by atoms with van der Waals surface area (Å²) >= 11 is 0. The van der Waals surface area contributed by atoms with Crippen molar-refractivity contribution < 1.29 is 9.53 Å². The van der Waals surface area contributed by atoms with E-state index < -0.39 is 0 Å². The van der Waals surface area contributed by atoms with E-state index in [1.54, 1.807) is 36.7 Å². The fourth-order valence-electron chi connectivity index (χ4n) is 3.72. The lowest BCUT2D eigenvalue weighted by Crippen LogP contribution is -2.26. The fourth-order valence-corrected chi connectivity index (χ4v) is 3.72. The number of methoxy groups -OCH3 is 1. The van der Waals surface area contributed by atoms with Gasteiger partial charge in [-0.15, -0.1) is 0 Å². The number of aliphatic imine (C=N–C) groups is 1. The van der Waals surface area contributed by atoms with Gasteiger partial charge in [-0.3, -0.25) is 14.7 Å². The number of fused-ring (bicyclic) bond motifs is 2. The van der Waals surface area contributed by atoms with Gasteiger partial charge in [-0.25, -0.2) is 4.98 Å². The quantitative estimate of drug-likeness (QED) is 0.455. The summed E-state index contributed by atoms with van der Waals surface area (Å²) in [5.41, 5.74) is 4.78. The molecule has 1 aromatic heterocycles. The molecule has 4 aromatic rings. The van der Waals surface area contributed by atoms with Gasteiger partial charge in [-0.2, -0.15) is 0 Å². The Bertz CT molecular complexity index is 1340. The third-order valence-corrected chi connectivity index (χ3v) is 5.25. The van der Waals surface area contributed by atoms with E-state index in [9.17, 15) is 4.79 Å². The Balaban J connectivity index is 1.58. The lowest BCUT2D eigenvalue weighted by molar-refractivity contribution is 0.0993. The van der Waals surface area contributed by atoms with Crippen LogP contribution in [0.3, 0.4) is 0 Å². The number of aromatic nitrogens is 1. The predicted octanol–water partition coefficient (Wildman–Crippen LogP) is 5.46. The number of pyridine rings is 1. The zero-order chi connectivity index (χ0) is 21.2. The summed E-state index contributed by atoms with van der Waals surface area (Å²) in [6.45, 7) is 0. The van der Waals surface area contributed by atoms with Crippen molar-refractivity contribution in [1.29, 1.82) is 0 Å². The van der Waals surface area contributed by atoms with Gasteiger partial charge < -0.3 is 4.74 Å². The second-order valence-corrected chi connectivity index (χ2v) is 7.12. The maximum Gasteiger partial charge on any atom is 0.281 e. The van der Waals surface area contributed by atoms with Crippen LogP contribution in [-0.2, 0) is 0 Å². The standard InChI is InChI=1S/C26H19N3O2/c1-31-25-16-23(28-22-10-6-5-9-21(22)25)26(30)29-14-13-27-17-20-15-19(11-12-24(20)29)18-7-3-2-4-8-18/h2-17H,1H3. The van der Waals surface area contributed by atoms with Crippen molar-refractivity contribution in [3.05, 3.63) is 103 Å². The Morgan fingerprint density at radius 2 is 1.71 bits per heavy atom. The topological polar surface area (TPSA) is 54.8 Å². The van der Waals surface area contributed by atoms with Crippen LogP contribution in [0.5, 0.6) is 5.75 Å². The molecule has 0 fully saturated rings. The second kappa shape index (κ2) is 7.88. The van der Waals surface area contributed by atoms with Gasteiger partial charge in [0.15, 0.2) is 0 Å². The molecule has 1 amide bonds. The molecule has 150 valence electrons. The molecule has 0 N–H and O–H groups in total. The number of para-hydroxylation sites is 1. The molecule has 5 heteroatoms. The maximum atomic E-state index is 13.5. The molecule has 5 rings (SSSR count). The molecule has 0 saturated heterocycles. The molecule has 1 aliphatic rings. The highest BCUT2D eigenvalue weighted by Crippen LogP contribution is 2.31. The maximum absolute atomic E-state index is 13.5. The first kappa shape index (κ1) is 18.8. The SMILES string of the molecule is COc1cc(C(=O)N2C=CN=Cc3cc(-c4ccccc4)ccc32)nc2ccccc12. The Morgan fingerprint density at radius 3 is 2.55 bits per heavy atom. The van der Waals surface area contributed by atoms with Gasteiger partial charge in [-0.1, -0.05) is 48.5 Å². The summed E-state index contributed by atoms with van der Waals surface area (Å²) in [6.07, 6.45) is 5.04. The van der Waals surface area contributed by atoms with Crippen LogP contribution in [0.1, 0.15) is 16.1 Å². The summed E-state index contributed by atoms with van der Waals surface area (Å²) in [7, 11) is 1.59. The number of anilines is 1. The van der Waals surface area contributed by atoms with E-state index in [0.717, 1.165) is 27.8 Å². The number of amides is 1. The first-order valence-corrected chi connectivity index (χ1v) is 9.91. The average molecular weight is 405 g/mol. The van der Waals surface area contributed by atoms with Crippen LogP contribution in [0.15, 0.2) is 96.3 Å². The Kier molecular flexibility index (Phi) is 4.77. The van der Waals surface area contributed by atoms with Crippen LogP contribution in [0.25, 0.3) is 22.0 Å². The van der Waals surface area contributed by atoms with E-state index in [0.29, 0.717) is 17.0 Å². The number of nitrogens with zero attached hydrogens (tertiary/aromatic N) is 3. The third kappa shape index (κ3) is 3.46. The molecule has 0 unspecified atom stereocenters. The number of rotatable bonds is 3. The van der Waals surface area contributed by atoms with E-state index in [2.05, 4.69) is 22.1 Å². The summed E-state index contributed by atoms with van der Waals surface area (Å²) in [4.78, 5) is 24.0. The minimum absolute atomic E-state index is 0.250. The normalized spacial score (nSPS) is 12.5. The molecular weight excluding hydrogens is 386 g/mol. The number of carbonyl (C=O) groups is 1. The Morgan fingerprint density at radius 1 is 0.903 bits per heavy atom. The van der Waals surface area contributed by atoms with Crippen molar-refractivity contribution in [2.45, 2.75) is 0 Å². The van der Waals surface area contributed by atoms with Crippen molar-refractivity contribution in [3.63, 3.8) is 0 Å². The molecular formula is C26H19N3O2. The van der Waals surface area contributed by atoms with Gasteiger partial charge in [-0.05, 0) is 35.4 Å². The van der Waals surface area contributed by atoms with Crippen LogP contribution in [0.2, 0.25) is 0 Å². The molecule has 2 heterocycles. The van der Waals surface area contributed by atoms with E-state index in [1.165, 1.54) is 0 Å². The van der Waals surface area contributed by atoms with E-state index >= 15 is 0 Å². The highest BCUT2D eigenvalue weighted by molar-refractivity contribution is 6.10. The second-order valence-electron chi connectivity index (χ2n) is 7.12. The molecule has 0 atom stereocenters. The van der Waals surface area contributed by atoms with Crippen molar-refractivity contribution in [2.24, 2.45) is 4.99 Å². The lowest BCUT2D eigenvalue weighted by Gasteiger charge is -2.20. The predicted molar refractivity (Wildman–Crippen MR) is 124 cm³/mol. The number of hydrogen-bond acceptors (Lipinski definition) is 4. The molecule has 1 aliphatic heterocycles. The smallest absolute Gasteiger partial charge is 0.281 e. The minimum Gasteiger partial charge on any atom is -0.496 e. The molecule has 5 nitrogen and oxygen atoms in total. The first-order chi connectivity index (χ1) is 15.2. The van der Waals surface area contributed by atoms with Crippen LogP contribution in [-0.4, -0.2) is 24.2 Å². The van der Waals surface area contributed by atoms with Crippen LogP contribution in [0.4, 0.5) is 5.69 Å². The molecule has 3 aromatic carbocycles. The van der Waals surface area contributed by atoms with E-state index in [-0.39, 0.29) is 5.91 Å². The van der Waals surface area contributed by atoms with Crippen LogP contribution in [0, 0.1) is 0 Å². The van der Waals surface area contributed by atoms with Crippen molar-refractivity contribution in [2.75, 3.05) is 12.0 Å². The number of hydrogen-bond donors (Lipinski definition) is 0.